The number of hydrogen-bond acceptors (Lipinski definition) is 6. The fourth-order valence-corrected chi connectivity index (χ4v) is 5.48. The molecule has 1 aliphatic rings. The van der Waals surface area contributed by atoms with Gasteiger partial charge in [-0.3, -0.25) is 0 Å². The van der Waals surface area contributed by atoms with E-state index in [1.54, 1.807) is 43.4 Å². The molecule has 0 saturated carbocycles. The first-order chi connectivity index (χ1) is 19.5. The van der Waals surface area contributed by atoms with Crippen molar-refractivity contribution in [2.45, 2.75) is 42.0 Å². The maximum atomic E-state index is 14.7. The van der Waals surface area contributed by atoms with Gasteiger partial charge in [-0.2, -0.15) is 18.3 Å². The molecule has 1 N–H and O–H groups in total. The van der Waals surface area contributed by atoms with Crippen molar-refractivity contribution in [3.8, 4) is 0 Å². The average molecular weight is 594 g/mol. The molecule has 1 aromatic heterocycles. The largest absolute Gasteiger partial charge is 0.416 e. The van der Waals surface area contributed by atoms with E-state index in [2.05, 4.69) is 10.1 Å². The number of nitrogens with zero attached hydrogens (tertiary/aromatic N) is 3. The number of rotatable bonds is 10. The zero-order valence-electron chi connectivity index (χ0n) is 21.9. The maximum absolute atomic E-state index is 14.7. The van der Waals surface area contributed by atoms with Crippen LogP contribution in [0.25, 0.3) is 6.08 Å². The van der Waals surface area contributed by atoms with Crippen LogP contribution in [0, 0.1) is 11.6 Å². The van der Waals surface area contributed by atoms with E-state index < -0.39 is 40.5 Å². The number of alkyl halides is 3. The summed E-state index contributed by atoms with van der Waals surface area (Å²) in [7, 11) is 0. The van der Waals surface area contributed by atoms with Gasteiger partial charge in [0, 0.05) is 16.9 Å². The van der Waals surface area contributed by atoms with Gasteiger partial charge in [-0.15, -0.1) is 11.8 Å². The summed E-state index contributed by atoms with van der Waals surface area (Å²) in [6.07, 6.45) is 8.05. The van der Waals surface area contributed by atoms with E-state index in [4.69, 9.17) is 9.47 Å². The summed E-state index contributed by atoms with van der Waals surface area (Å²) in [5, 5.41) is 15.0. The van der Waals surface area contributed by atoms with E-state index in [-0.39, 0.29) is 17.4 Å². The molecule has 6 nitrogen and oxygen atoms in total. The normalized spacial score (nSPS) is 20.7. The number of ether oxygens (including phenoxy) is 2. The average Bonchev–Trinajstić information content (AvgIpc) is 3.44. The highest BCUT2D eigenvalue weighted by Gasteiger charge is 2.41. The molecule has 0 unspecified atom stereocenters. The Bertz CT molecular complexity index is 1360. The Morgan fingerprint density at radius 2 is 1.76 bits per heavy atom. The molecule has 2 atom stereocenters. The lowest BCUT2D eigenvalue weighted by Crippen LogP contribution is -2.43. The van der Waals surface area contributed by atoms with Gasteiger partial charge in [-0.1, -0.05) is 55.5 Å². The molecular formula is C29H28F5N3O3S. The monoisotopic (exact) mass is 593 g/mol. The molecule has 12 heteroatoms. The molecule has 41 heavy (non-hydrogen) atoms. The molecule has 1 aliphatic heterocycles. The van der Waals surface area contributed by atoms with Gasteiger partial charge in [0.2, 0.25) is 0 Å². The number of allylic oxidation sites excluding steroid dienone is 4. The lowest BCUT2D eigenvalue weighted by molar-refractivity contribution is -0.146. The molecule has 1 saturated heterocycles. The summed E-state index contributed by atoms with van der Waals surface area (Å²) in [6, 6.07) is 7.94. The van der Waals surface area contributed by atoms with Crippen molar-refractivity contribution in [3.05, 3.63) is 114 Å². The molecular weight excluding hydrogens is 565 g/mol. The number of hydrogen-bond donors (Lipinski definition) is 1. The lowest BCUT2D eigenvalue weighted by atomic mass is 9.90. The van der Waals surface area contributed by atoms with Gasteiger partial charge in [0.05, 0.1) is 30.6 Å². The van der Waals surface area contributed by atoms with Crippen LogP contribution in [0.3, 0.4) is 0 Å². The molecule has 0 aliphatic carbocycles. The standard InChI is InChI=1S/C29H28F5N3O3S/c1-20(28(38,17-37-19-35-18-36-37)25-13-12-23(30)14-26(25)31)41-24-15-39-27(40-16-24)7-5-3-2-4-6-21-8-10-22(11-9-21)29(32,33)34/h2-14,18-20,24,27,38H,15-17H2,1H3/t20-,24-,27-,28-/m1/s1. The van der Waals surface area contributed by atoms with Crippen molar-refractivity contribution in [2.24, 2.45) is 0 Å². The van der Waals surface area contributed by atoms with Gasteiger partial charge in [0.15, 0.2) is 6.29 Å². The summed E-state index contributed by atoms with van der Waals surface area (Å²) >= 11 is 1.36. The quantitative estimate of drug-likeness (QED) is 0.225. The van der Waals surface area contributed by atoms with Crippen LogP contribution in [0.4, 0.5) is 22.0 Å². The number of thioether (sulfide) groups is 1. The Morgan fingerprint density at radius 1 is 1.05 bits per heavy atom. The van der Waals surface area contributed by atoms with E-state index >= 15 is 0 Å². The van der Waals surface area contributed by atoms with E-state index in [0.29, 0.717) is 18.8 Å². The number of aliphatic hydroxyl groups is 1. The van der Waals surface area contributed by atoms with Crippen molar-refractivity contribution in [1.82, 2.24) is 14.8 Å². The van der Waals surface area contributed by atoms with E-state index in [1.807, 2.05) is 0 Å². The number of aromatic nitrogens is 3. The maximum Gasteiger partial charge on any atom is 0.416 e. The second kappa shape index (κ2) is 13.6. The van der Waals surface area contributed by atoms with Crippen molar-refractivity contribution < 1.29 is 36.5 Å². The molecule has 218 valence electrons. The summed E-state index contributed by atoms with van der Waals surface area (Å²) in [5.41, 5.74) is -1.84. The molecule has 2 aromatic carbocycles. The number of benzene rings is 2. The minimum atomic E-state index is -4.36. The van der Waals surface area contributed by atoms with Gasteiger partial charge < -0.3 is 14.6 Å². The highest BCUT2D eigenvalue weighted by atomic mass is 32.2. The van der Waals surface area contributed by atoms with Crippen LogP contribution >= 0.6 is 11.8 Å². The summed E-state index contributed by atoms with van der Waals surface area (Å²) in [6.45, 7) is 2.28. The fraction of sp³-hybridized carbons (Fsp3) is 0.310. The Morgan fingerprint density at radius 3 is 2.39 bits per heavy atom. The predicted octanol–water partition coefficient (Wildman–Crippen LogP) is 6.15. The van der Waals surface area contributed by atoms with E-state index in [9.17, 15) is 27.1 Å². The molecule has 0 radical (unpaired) electrons. The second-order valence-electron chi connectivity index (χ2n) is 9.33. The van der Waals surface area contributed by atoms with Crippen molar-refractivity contribution in [3.63, 3.8) is 0 Å². The fourth-order valence-electron chi connectivity index (χ4n) is 4.16. The van der Waals surface area contributed by atoms with Gasteiger partial charge in [-0.25, -0.2) is 18.4 Å². The molecule has 4 rings (SSSR count). The second-order valence-corrected chi connectivity index (χ2v) is 11.0. The minimum Gasteiger partial charge on any atom is -0.382 e. The Kier molecular flexibility index (Phi) is 10.1. The first kappa shape index (κ1) is 30.6. The van der Waals surface area contributed by atoms with Crippen molar-refractivity contribution >= 4 is 17.8 Å². The molecule has 0 amide bonds. The molecule has 0 bridgehead atoms. The third-order valence-electron chi connectivity index (χ3n) is 6.36. The number of halogens is 5. The molecule has 1 fully saturated rings. The minimum absolute atomic E-state index is 0.0491. The Balaban J connectivity index is 1.29. The van der Waals surface area contributed by atoms with Crippen molar-refractivity contribution in [1.29, 1.82) is 0 Å². The third kappa shape index (κ3) is 8.35. The van der Waals surface area contributed by atoms with Crippen LogP contribution in [0.2, 0.25) is 0 Å². The van der Waals surface area contributed by atoms with Crippen LogP contribution in [-0.4, -0.2) is 49.9 Å². The van der Waals surface area contributed by atoms with Gasteiger partial charge in [-0.05, 0) is 29.8 Å². The predicted molar refractivity (Wildman–Crippen MR) is 146 cm³/mol. The van der Waals surface area contributed by atoms with Crippen LogP contribution < -0.4 is 0 Å². The summed E-state index contributed by atoms with van der Waals surface area (Å²) < 4.78 is 79.1. The van der Waals surface area contributed by atoms with Gasteiger partial charge >= 0.3 is 6.18 Å². The van der Waals surface area contributed by atoms with Gasteiger partial charge in [0.25, 0.3) is 0 Å². The van der Waals surface area contributed by atoms with Crippen LogP contribution in [-0.2, 0) is 27.8 Å². The van der Waals surface area contributed by atoms with Crippen molar-refractivity contribution in [2.75, 3.05) is 13.2 Å². The van der Waals surface area contributed by atoms with Gasteiger partial charge in [0.1, 0.15) is 29.9 Å². The molecule has 0 spiro atoms. The highest BCUT2D eigenvalue weighted by Crippen LogP contribution is 2.38. The first-order valence-electron chi connectivity index (χ1n) is 12.6. The van der Waals surface area contributed by atoms with E-state index in [1.165, 1.54) is 47.3 Å². The van der Waals surface area contributed by atoms with Crippen LogP contribution in [0.15, 0.2) is 85.5 Å². The molecule has 2 heterocycles. The Hall–Kier alpha value is -3.32. The zero-order valence-corrected chi connectivity index (χ0v) is 22.7. The van der Waals surface area contributed by atoms with Crippen LogP contribution in [0.1, 0.15) is 23.6 Å². The summed E-state index contributed by atoms with van der Waals surface area (Å²) in [4.78, 5) is 3.88. The lowest BCUT2D eigenvalue weighted by Gasteiger charge is -2.37. The highest BCUT2D eigenvalue weighted by molar-refractivity contribution is 8.00. The summed E-state index contributed by atoms with van der Waals surface area (Å²) in [5.74, 6) is -1.60. The smallest absolute Gasteiger partial charge is 0.382 e. The SMILES string of the molecule is C[C@@H](S[C@H]1CO[C@H](C=CC=CC=Cc2ccc(C(F)(F)F)cc2)OC1)[C@](O)(Cn1cncn1)c1ccc(F)cc1F. The molecule has 3 aromatic rings. The van der Waals surface area contributed by atoms with E-state index in [0.717, 1.165) is 24.3 Å². The third-order valence-corrected chi connectivity index (χ3v) is 7.81. The Labute approximate surface area is 238 Å². The zero-order chi connectivity index (χ0) is 29.5. The topological polar surface area (TPSA) is 69.4 Å². The first-order valence-corrected chi connectivity index (χ1v) is 13.6. The van der Waals surface area contributed by atoms with Crippen LogP contribution in [0.5, 0.6) is 0 Å².